The molecule has 1 saturated heterocycles. The van der Waals surface area contributed by atoms with Crippen molar-refractivity contribution >= 4 is 29.9 Å². The molecule has 1 aliphatic heterocycles. The number of nitrogens with one attached hydrogen (secondary N) is 2. The SMILES string of the molecule is CN=C(NCCCOC1CCOC1)NCc1ccccc1OCC(F)(F)F.I. The molecule has 2 N–H and O–H groups in total. The van der Waals surface area contributed by atoms with Crippen molar-refractivity contribution < 1.29 is 27.4 Å². The smallest absolute Gasteiger partial charge is 0.422 e. The van der Waals surface area contributed by atoms with E-state index in [0.717, 1.165) is 19.4 Å². The Morgan fingerprint density at radius 1 is 1.29 bits per heavy atom. The fraction of sp³-hybridized carbons (Fsp3) is 0.611. The molecule has 0 spiro atoms. The van der Waals surface area contributed by atoms with Crippen LogP contribution >= 0.6 is 24.0 Å². The quantitative estimate of drug-likeness (QED) is 0.228. The first kappa shape index (κ1) is 24.8. The van der Waals surface area contributed by atoms with Crippen molar-refractivity contribution in [1.29, 1.82) is 0 Å². The van der Waals surface area contributed by atoms with Gasteiger partial charge in [-0.1, -0.05) is 18.2 Å². The lowest BCUT2D eigenvalue weighted by atomic mass is 10.2. The van der Waals surface area contributed by atoms with Crippen LogP contribution < -0.4 is 15.4 Å². The molecule has 10 heteroatoms. The molecule has 1 aromatic carbocycles. The summed E-state index contributed by atoms with van der Waals surface area (Å²) in [5.74, 6) is 0.759. The Hall–Kier alpha value is -1.27. The molecule has 0 amide bonds. The minimum Gasteiger partial charge on any atom is -0.484 e. The molecule has 1 atom stereocenters. The maximum atomic E-state index is 12.4. The number of hydrogen-bond donors (Lipinski definition) is 2. The molecule has 0 bridgehead atoms. The van der Waals surface area contributed by atoms with Crippen LogP contribution in [0.15, 0.2) is 29.3 Å². The van der Waals surface area contributed by atoms with Gasteiger partial charge in [0.2, 0.25) is 0 Å². The second-order valence-electron chi connectivity index (χ2n) is 6.07. The molecule has 0 saturated carbocycles. The van der Waals surface area contributed by atoms with Crippen molar-refractivity contribution in [2.75, 3.05) is 40.0 Å². The van der Waals surface area contributed by atoms with Gasteiger partial charge in [0.1, 0.15) is 5.75 Å². The topological polar surface area (TPSA) is 64.1 Å². The van der Waals surface area contributed by atoms with Crippen molar-refractivity contribution in [3.8, 4) is 5.75 Å². The van der Waals surface area contributed by atoms with E-state index in [1.54, 1.807) is 25.2 Å². The molecule has 2 rings (SSSR count). The van der Waals surface area contributed by atoms with Crippen molar-refractivity contribution in [3.05, 3.63) is 29.8 Å². The Morgan fingerprint density at radius 2 is 2.07 bits per heavy atom. The first-order chi connectivity index (χ1) is 13.0. The first-order valence-electron chi connectivity index (χ1n) is 8.89. The summed E-state index contributed by atoms with van der Waals surface area (Å²) in [6, 6.07) is 6.61. The van der Waals surface area contributed by atoms with Crippen molar-refractivity contribution in [2.45, 2.75) is 31.7 Å². The highest BCUT2D eigenvalue weighted by molar-refractivity contribution is 14.0. The molecule has 1 aliphatic rings. The summed E-state index contributed by atoms with van der Waals surface area (Å²) in [5.41, 5.74) is 0.620. The van der Waals surface area contributed by atoms with Gasteiger partial charge in [0.15, 0.2) is 12.6 Å². The van der Waals surface area contributed by atoms with E-state index in [0.29, 0.717) is 37.8 Å². The van der Waals surface area contributed by atoms with Crippen LogP contribution in [0.25, 0.3) is 0 Å². The minimum atomic E-state index is -4.37. The zero-order valence-corrected chi connectivity index (χ0v) is 18.1. The molecule has 160 valence electrons. The number of rotatable bonds is 9. The third-order valence-electron chi connectivity index (χ3n) is 3.89. The van der Waals surface area contributed by atoms with Gasteiger partial charge in [0, 0.05) is 38.9 Å². The largest absolute Gasteiger partial charge is 0.484 e. The number of aliphatic imine (C=N–C) groups is 1. The van der Waals surface area contributed by atoms with Crippen LogP contribution in [0.5, 0.6) is 5.75 Å². The number of hydrogen-bond acceptors (Lipinski definition) is 4. The number of alkyl halides is 3. The van der Waals surface area contributed by atoms with Gasteiger partial charge in [0.05, 0.1) is 12.7 Å². The van der Waals surface area contributed by atoms with Crippen LogP contribution in [0.1, 0.15) is 18.4 Å². The van der Waals surface area contributed by atoms with E-state index in [1.165, 1.54) is 6.07 Å². The van der Waals surface area contributed by atoms with Crippen LogP contribution in [0.3, 0.4) is 0 Å². The molecule has 1 unspecified atom stereocenters. The van der Waals surface area contributed by atoms with Crippen molar-refractivity contribution in [3.63, 3.8) is 0 Å². The fourth-order valence-electron chi connectivity index (χ4n) is 2.52. The van der Waals surface area contributed by atoms with E-state index < -0.39 is 12.8 Å². The Bertz CT molecular complexity index is 597. The number of nitrogens with zero attached hydrogens (tertiary/aromatic N) is 1. The van der Waals surface area contributed by atoms with Crippen molar-refractivity contribution in [2.24, 2.45) is 4.99 Å². The van der Waals surface area contributed by atoms with Gasteiger partial charge >= 0.3 is 6.18 Å². The average molecular weight is 517 g/mol. The van der Waals surface area contributed by atoms with Crippen LogP contribution in [0, 0.1) is 0 Å². The number of para-hydroxylation sites is 1. The lowest BCUT2D eigenvalue weighted by Crippen LogP contribution is -2.37. The maximum Gasteiger partial charge on any atom is 0.422 e. The molecule has 1 heterocycles. The molecule has 0 radical (unpaired) electrons. The Balaban J connectivity index is 0.00000392. The highest BCUT2D eigenvalue weighted by Gasteiger charge is 2.28. The summed E-state index contributed by atoms with van der Waals surface area (Å²) >= 11 is 0. The van der Waals surface area contributed by atoms with E-state index in [9.17, 15) is 13.2 Å². The summed E-state index contributed by atoms with van der Waals surface area (Å²) in [6.07, 6.45) is -2.43. The molecule has 0 aromatic heterocycles. The van der Waals surface area contributed by atoms with Gasteiger partial charge in [-0.25, -0.2) is 0 Å². The predicted octanol–water partition coefficient (Wildman–Crippen LogP) is 3.11. The lowest BCUT2D eigenvalue weighted by Gasteiger charge is -2.16. The summed E-state index contributed by atoms with van der Waals surface area (Å²) < 4.78 is 52.9. The van der Waals surface area contributed by atoms with Crippen LogP contribution in [0.4, 0.5) is 13.2 Å². The first-order valence-corrected chi connectivity index (χ1v) is 8.89. The van der Waals surface area contributed by atoms with E-state index in [1.807, 2.05) is 0 Å². The monoisotopic (exact) mass is 517 g/mol. The number of guanidine groups is 1. The highest BCUT2D eigenvalue weighted by atomic mass is 127. The summed E-state index contributed by atoms with van der Waals surface area (Å²) in [6.45, 7) is 1.69. The molecular weight excluding hydrogens is 490 g/mol. The van der Waals surface area contributed by atoms with Gasteiger partial charge < -0.3 is 24.8 Å². The van der Waals surface area contributed by atoms with Crippen LogP contribution in [-0.2, 0) is 16.0 Å². The van der Waals surface area contributed by atoms with Gasteiger partial charge in [-0.15, -0.1) is 24.0 Å². The second kappa shape index (κ2) is 13.0. The van der Waals surface area contributed by atoms with Gasteiger partial charge in [0.25, 0.3) is 0 Å². The van der Waals surface area contributed by atoms with Gasteiger partial charge in [-0.3, -0.25) is 4.99 Å². The maximum absolute atomic E-state index is 12.4. The Kier molecular flexibility index (Phi) is 11.5. The predicted molar refractivity (Wildman–Crippen MR) is 111 cm³/mol. The van der Waals surface area contributed by atoms with E-state index in [4.69, 9.17) is 14.2 Å². The van der Waals surface area contributed by atoms with E-state index in [-0.39, 0.29) is 35.8 Å². The fourth-order valence-corrected chi connectivity index (χ4v) is 2.52. The minimum absolute atomic E-state index is 0. The highest BCUT2D eigenvalue weighted by Crippen LogP contribution is 2.22. The van der Waals surface area contributed by atoms with Crippen LogP contribution in [0.2, 0.25) is 0 Å². The summed E-state index contributed by atoms with van der Waals surface area (Å²) in [4.78, 5) is 4.11. The number of benzene rings is 1. The number of halogens is 4. The van der Waals surface area contributed by atoms with Gasteiger partial charge in [-0.05, 0) is 18.9 Å². The molecule has 1 aromatic rings. The standard InChI is InChI=1S/C18H26F3N3O3.HI/c1-22-17(23-8-4-9-26-15-7-10-25-12-15)24-11-14-5-2-3-6-16(14)27-13-18(19,20)21;/h2-3,5-6,15H,4,7-13H2,1H3,(H2,22,23,24);1H. The van der Waals surface area contributed by atoms with Crippen molar-refractivity contribution in [1.82, 2.24) is 10.6 Å². The Labute approximate surface area is 180 Å². The molecule has 6 nitrogen and oxygen atoms in total. The average Bonchev–Trinajstić information content (AvgIpc) is 3.16. The third kappa shape index (κ3) is 9.78. The summed E-state index contributed by atoms with van der Waals surface area (Å²) in [5, 5.41) is 6.22. The third-order valence-corrected chi connectivity index (χ3v) is 3.89. The number of ether oxygens (including phenoxy) is 3. The molecule has 28 heavy (non-hydrogen) atoms. The normalized spacial score (nSPS) is 17.1. The Morgan fingerprint density at radius 3 is 2.75 bits per heavy atom. The molecule has 1 fully saturated rings. The lowest BCUT2D eigenvalue weighted by molar-refractivity contribution is -0.153. The summed E-state index contributed by atoms with van der Waals surface area (Å²) in [7, 11) is 1.63. The molecular formula is C18H27F3IN3O3. The molecule has 0 aliphatic carbocycles. The van der Waals surface area contributed by atoms with E-state index >= 15 is 0 Å². The zero-order chi connectivity index (χ0) is 19.5. The second-order valence-corrected chi connectivity index (χ2v) is 6.07. The zero-order valence-electron chi connectivity index (χ0n) is 15.8. The van der Waals surface area contributed by atoms with E-state index in [2.05, 4.69) is 15.6 Å². The van der Waals surface area contributed by atoms with Gasteiger partial charge in [-0.2, -0.15) is 13.2 Å². The van der Waals surface area contributed by atoms with Crippen LogP contribution in [-0.4, -0.2) is 58.3 Å².